The molecule has 4 heteroatoms. The Labute approximate surface area is 105 Å². The zero-order valence-corrected chi connectivity index (χ0v) is 10.7. The van der Waals surface area contributed by atoms with Crippen LogP contribution in [-0.4, -0.2) is 22.9 Å². The quantitative estimate of drug-likeness (QED) is 0.473. The normalized spacial score (nSPS) is 10.6. The second-order valence-electron chi connectivity index (χ2n) is 4.20. The maximum Gasteiger partial charge on any atom is 0.381 e. The van der Waals surface area contributed by atoms with Gasteiger partial charge in [0.05, 0.1) is 12.3 Å². The van der Waals surface area contributed by atoms with Crippen molar-refractivity contribution in [2.24, 2.45) is 7.05 Å². The molecule has 0 amide bonds. The fourth-order valence-corrected chi connectivity index (χ4v) is 1.99. The monoisotopic (exact) mass is 245 g/mol. The van der Waals surface area contributed by atoms with Gasteiger partial charge in [-0.05, 0) is 32.0 Å². The average Bonchev–Trinajstić information content (AvgIpc) is 2.65. The van der Waals surface area contributed by atoms with Crippen LogP contribution in [0.1, 0.15) is 23.0 Å². The van der Waals surface area contributed by atoms with E-state index in [2.05, 4.69) is 0 Å². The number of fused-ring (bicyclic) bond motifs is 1. The van der Waals surface area contributed by atoms with Crippen molar-refractivity contribution in [3.8, 4) is 0 Å². The molecule has 1 aromatic carbocycles. The van der Waals surface area contributed by atoms with Crippen molar-refractivity contribution < 1.29 is 14.3 Å². The molecule has 0 aliphatic carbocycles. The Hall–Kier alpha value is -2.10. The van der Waals surface area contributed by atoms with Crippen LogP contribution in [0, 0.1) is 6.92 Å². The summed E-state index contributed by atoms with van der Waals surface area (Å²) in [6, 6.07) is 7.62. The van der Waals surface area contributed by atoms with Gasteiger partial charge in [-0.15, -0.1) is 0 Å². The summed E-state index contributed by atoms with van der Waals surface area (Å²) in [6.45, 7) is 3.86. The highest BCUT2D eigenvalue weighted by atomic mass is 16.5. The number of ether oxygens (including phenoxy) is 1. The number of ketones is 1. The van der Waals surface area contributed by atoms with Crippen LogP contribution in [0.5, 0.6) is 0 Å². The Morgan fingerprint density at radius 3 is 2.67 bits per heavy atom. The van der Waals surface area contributed by atoms with Crippen LogP contribution in [0.25, 0.3) is 10.9 Å². The van der Waals surface area contributed by atoms with Crippen molar-refractivity contribution in [1.82, 2.24) is 4.57 Å². The molecule has 0 spiro atoms. The van der Waals surface area contributed by atoms with E-state index in [1.54, 1.807) is 24.6 Å². The first-order chi connectivity index (χ1) is 8.54. The van der Waals surface area contributed by atoms with Gasteiger partial charge in [0.1, 0.15) is 0 Å². The minimum absolute atomic E-state index is 0.202. The van der Waals surface area contributed by atoms with Gasteiger partial charge < -0.3 is 9.30 Å². The largest absolute Gasteiger partial charge is 0.460 e. The lowest BCUT2D eigenvalue weighted by atomic mass is 10.2. The van der Waals surface area contributed by atoms with E-state index in [4.69, 9.17) is 4.74 Å². The number of nitrogens with zero attached hydrogens (tertiary/aromatic N) is 1. The molecule has 0 unspecified atom stereocenters. The minimum atomic E-state index is -0.805. The molecule has 1 aromatic heterocycles. The highest BCUT2D eigenvalue weighted by Crippen LogP contribution is 2.20. The molecule has 94 valence electrons. The summed E-state index contributed by atoms with van der Waals surface area (Å²) >= 11 is 0. The lowest BCUT2D eigenvalue weighted by molar-refractivity contribution is -0.137. The van der Waals surface area contributed by atoms with Crippen LogP contribution >= 0.6 is 0 Å². The fourth-order valence-electron chi connectivity index (χ4n) is 1.99. The number of benzene rings is 1. The average molecular weight is 245 g/mol. The van der Waals surface area contributed by atoms with Gasteiger partial charge >= 0.3 is 5.97 Å². The first-order valence-electron chi connectivity index (χ1n) is 5.82. The second kappa shape index (κ2) is 4.64. The SMILES string of the molecule is CCOC(=O)C(=O)c1cc2cc(C)ccc2n1C. The molecule has 4 nitrogen and oxygen atoms in total. The highest BCUT2D eigenvalue weighted by molar-refractivity contribution is 6.40. The molecule has 0 aliphatic heterocycles. The van der Waals surface area contributed by atoms with Gasteiger partial charge in [0, 0.05) is 18.0 Å². The van der Waals surface area contributed by atoms with Crippen LogP contribution < -0.4 is 0 Å². The first-order valence-corrected chi connectivity index (χ1v) is 5.82. The van der Waals surface area contributed by atoms with Crippen molar-refractivity contribution in [2.45, 2.75) is 13.8 Å². The Bertz CT molecular complexity index is 625. The van der Waals surface area contributed by atoms with Gasteiger partial charge in [-0.25, -0.2) is 4.79 Å². The highest BCUT2D eigenvalue weighted by Gasteiger charge is 2.21. The zero-order valence-electron chi connectivity index (χ0n) is 10.7. The van der Waals surface area contributed by atoms with E-state index in [1.807, 2.05) is 25.1 Å². The summed E-state index contributed by atoms with van der Waals surface area (Å²) in [7, 11) is 1.77. The number of rotatable bonds is 3. The molecule has 0 N–H and O–H groups in total. The van der Waals surface area contributed by atoms with Crippen molar-refractivity contribution in [3.63, 3.8) is 0 Å². The Morgan fingerprint density at radius 1 is 1.28 bits per heavy atom. The molecule has 0 saturated heterocycles. The molecule has 0 radical (unpaired) electrons. The molecule has 1 heterocycles. The van der Waals surface area contributed by atoms with E-state index in [0.29, 0.717) is 5.69 Å². The summed E-state index contributed by atoms with van der Waals surface area (Å²) in [6.07, 6.45) is 0. The third kappa shape index (κ3) is 2.01. The number of Topliss-reactive ketones (excluding diaryl/α,β-unsaturated/α-hetero) is 1. The summed E-state index contributed by atoms with van der Waals surface area (Å²) in [4.78, 5) is 23.4. The van der Waals surface area contributed by atoms with E-state index in [0.717, 1.165) is 16.5 Å². The molecule has 2 rings (SSSR count). The Kier molecular flexibility index (Phi) is 3.19. The maximum absolute atomic E-state index is 11.9. The summed E-state index contributed by atoms with van der Waals surface area (Å²) < 4.78 is 6.45. The maximum atomic E-state index is 11.9. The van der Waals surface area contributed by atoms with Gasteiger partial charge in [0.25, 0.3) is 5.78 Å². The molecule has 18 heavy (non-hydrogen) atoms. The molecule has 0 bridgehead atoms. The molecule has 0 saturated carbocycles. The van der Waals surface area contributed by atoms with Crippen LogP contribution in [0.4, 0.5) is 0 Å². The standard InChI is InChI=1S/C14H15NO3/c1-4-18-14(17)13(16)12-8-10-7-9(2)5-6-11(10)15(12)3/h5-8H,4H2,1-3H3. The smallest absolute Gasteiger partial charge is 0.381 e. The third-order valence-electron chi connectivity index (χ3n) is 2.89. The van der Waals surface area contributed by atoms with Crippen molar-refractivity contribution in [3.05, 3.63) is 35.5 Å². The number of carbonyl (C=O) groups excluding carboxylic acids is 2. The predicted molar refractivity (Wildman–Crippen MR) is 68.6 cm³/mol. The first kappa shape index (κ1) is 12.4. The number of hydrogen-bond acceptors (Lipinski definition) is 3. The lowest BCUT2D eigenvalue weighted by Gasteiger charge is -2.03. The number of carbonyl (C=O) groups is 2. The number of hydrogen-bond donors (Lipinski definition) is 0. The fraction of sp³-hybridized carbons (Fsp3) is 0.286. The molecular weight excluding hydrogens is 230 g/mol. The van der Waals surface area contributed by atoms with E-state index in [9.17, 15) is 9.59 Å². The van der Waals surface area contributed by atoms with E-state index >= 15 is 0 Å². The minimum Gasteiger partial charge on any atom is -0.460 e. The van der Waals surface area contributed by atoms with Crippen molar-refractivity contribution in [2.75, 3.05) is 6.61 Å². The van der Waals surface area contributed by atoms with Gasteiger partial charge in [0.15, 0.2) is 0 Å². The van der Waals surface area contributed by atoms with Crippen LogP contribution in [0.3, 0.4) is 0 Å². The number of esters is 1. The van der Waals surface area contributed by atoms with Crippen molar-refractivity contribution in [1.29, 1.82) is 0 Å². The molecular formula is C14H15NO3. The molecule has 0 aliphatic rings. The van der Waals surface area contributed by atoms with Crippen molar-refractivity contribution >= 4 is 22.7 Å². The number of aromatic nitrogens is 1. The number of aryl methyl sites for hydroxylation is 2. The summed E-state index contributed by atoms with van der Waals surface area (Å²) in [5.74, 6) is -1.41. The second-order valence-corrected chi connectivity index (χ2v) is 4.20. The summed E-state index contributed by atoms with van der Waals surface area (Å²) in [5.41, 5.74) is 2.39. The molecule has 0 fully saturated rings. The Morgan fingerprint density at radius 2 is 2.00 bits per heavy atom. The van der Waals surface area contributed by atoms with E-state index in [1.165, 1.54) is 0 Å². The van der Waals surface area contributed by atoms with E-state index < -0.39 is 11.8 Å². The van der Waals surface area contributed by atoms with E-state index in [-0.39, 0.29) is 6.61 Å². The lowest BCUT2D eigenvalue weighted by Crippen LogP contribution is -2.19. The summed E-state index contributed by atoms with van der Waals surface area (Å²) in [5, 5.41) is 0.949. The van der Waals surface area contributed by atoms with Crippen LogP contribution in [0.2, 0.25) is 0 Å². The van der Waals surface area contributed by atoms with Crippen LogP contribution in [0.15, 0.2) is 24.3 Å². The zero-order chi connectivity index (χ0) is 13.3. The molecule has 2 aromatic rings. The van der Waals surface area contributed by atoms with Crippen LogP contribution in [-0.2, 0) is 16.6 Å². The van der Waals surface area contributed by atoms with Gasteiger partial charge in [0.2, 0.25) is 0 Å². The topological polar surface area (TPSA) is 48.3 Å². The predicted octanol–water partition coefficient (Wildman–Crippen LogP) is 2.23. The Balaban J connectivity index is 2.49. The van der Waals surface area contributed by atoms with Gasteiger partial charge in [-0.2, -0.15) is 0 Å². The third-order valence-corrected chi connectivity index (χ3v) is 2.89. The molecule has 0 atom stereocenters. The van der Waals surface area contributed by atoms with Gasteiger partial charge in [-0.1, -0.05) is 11.6 Å². The van der Waals surface area contributed by atoms with Gasteiger partial charge in [-0.3, -0.25) is 4.79 Å².